The Morgan fingerprint density at radius 3 is 2.48 bits per heavy atom. The summed E-state index contributed by atoms with van der Waals surface area (Å²) < 4.78 is 29.0. The van der Waals surface area contributed by atoms with Crippen LogP contribution in [-0.4, -0.2) is 55.7 Å². The molecule has 2 atom stereocenters. The lowest BCUT2D eigenvalue weighted by atomic mass is 9.91. The molecule has 5 rings (SSSR count). The summed E-state index contributed by atoms with van der Waals surface area (Å²) in [7, 11) is 0. The number of benzene rings is 2. The summed E-state index contributed by atoms with van der Waals surface area (Å²) in [4.78, 5) is 29.0. The second-order valence-corrected chi connectivity index (χ2v) is 11.3. The lowest BCUT2D eigenvalue weighted by Crippen LogP contribution is -2.58. The summed E-state index contributed by atoms with van der Waals surface area (Å²) in [6, 6.07) is 10.9. The number of para-hydroxylation sites is 1. The van der Waals surface area contributed by atoms with Crippen LogP contribution in [0.5, 0.6) is 0 Å². The van der Waals surface area contributed by atoms with E-state index >= 15 is 0 Å². The molecule has 1 aliphatic rings. The van der Waals surface area contributed by atoms with Crippen LogP contribution in [0.15, 0.2) is 61.1 Å². The van der Waals surface area contributed by atoms with Crippen LogP contribution in [0.1, 0.15) is 34.1 Å². The van der Waals surface area contributed by atoms with Gasteiger partial charge in [0.15, 0.2) is 5.82 Å². The number of nitrogens with one attached hydrogen (secondary N) is 1. The number of amides is 1. The number of carbonyl (C=O) groups is 1. The smallest absolute Gasteiger partial charge is 0.408 e. The molecule has 2 aromatic heterocycles. The third-order valence-electron chi connectivity index (χ3n) is 7.14. The Hall–Kier alpha value is -4.34. The average molecular weight is 547 g/mol. The monoisotopic (exact) mass is 546 g/mol. The van der Waals surface area contributed by atoms with Gasteiger partial charge in [-0.2, -0.15) is 0 Å². The van der Waals surface area contributed by atoms with Gasteiger partial charge in [0.1, 0.15) is 11.6 Å². The van der Waals surface area contributed by atoms with Crippen LogP contribution in [0.3, 0.4) is 0 Å². The van der Waals surface area contributed by atoms with Crippen molar-refractivity contribution in [1.29, 1.82) is 0 Å². The third-order valence-corrected chi connectivity index (χ3v) is 7.14. The van der Waals surface area contributed by atoms with Crippen LogP contribution in [0.4, 0.5) is 30.6 Å². The number of hydrogen-bond acceptors (Lipinski definition) is 6. The molecule has 0 bridgehead atoms. The Labute approximate surface area is 231 Å². The fourth-order valence-electron chi connectivity index (χ4n) is 5.59. The van der Waals surface area contributed by atoms with Gasteiger partial charge in [0.25, 0.3) is 0 Å². The molecular formula is C30H32F2N6O2. The molecule has 208 valence electrons. The topological polar surface area (TPSA) is 94.5 Å². The molecule has 4 aromatic rings. The Balaban J connectivity index is 1.51. The molecule has 0 spiro atoms. The number of fused-ring (bicyclic) bond motifs is 1. The quantitative estimate of drug-likeness (QED) is 0.287. The van der Waals surface area contributed by atoms with Gasteiger partial charge < -0.3 is 15.3 Å². The molecule has 3 heterocycles. The number of carboxylic acid groups (broad SMARTS) is 1. The highest BCUT2D eigenvalue weighted by Crippen LogP contribution is 2.36. The van der Waals surface area contributed by atoms with E-state index in [9.17, 15) is 18.7 Å². The van der Waals surface area contributed by atoms with Crippen molar-refractivity contribution >= 4 is 34.1 Å². The molecule has 1 saturated heterocycles. The normalized spacial score (nSPS) is 17.6. The van der Waals surface area contributed by atoms with Crippen molar-refractivity contribution < 1.29 is 18.7 Å². The van der Waals surface area contributed by atoms with E-state index in [4.69, 9.17) is 0 Å². The van der Waals surface area contributed by atoms with E-state index in [1.165, 1.54) is 18.2 Å². The molecule has 1 fully saturated rings. The van der Waals surface area contributed by atoms with Gasteiger partial charge in [-0.3, -0.25) is 9.88 Å². The van der Waals surface area contributed by atoms with Gasteiger partial charge >= 0.3 is 6.09 Å². The highest BCUT2D eigenvalue weighted by atomic mass is 19.1. The lowest BCUT2D eigenvalue weighted by Gasteiger charge is -2.46. The molecule has 1 amide bonds. The van der Waals surface area contributed by atoms with Gasteiger partial charge in [-0.1, -0.05) is 25.1 Å². The summed E-state index contributed by atoms with van der Waals surface area (Å²) in [6.45, 7) is 9.14. The molecular weight excluding hydrogens is 514 g/mol. The van der Waals surface area contributed by atoms with E-state index in [0.717, 1.165) is 18.7 Å². The van der Waals surface area contributed by atoms with Crippen molar-refractivity contribution in [3.63, 3.8) is 0 Å². The Morgan fingerprint density at radius 1 is 1.05 bits per heavy atom. The minimum absolute atomic E-state index is 0.0487. The van der Waals surface area contributed by atoms with Crippen LogP contribution >= 0.6 is 0 Å². The zero-order valence-corrected chi connectivity index (χ0v) is 22.9. The standard InChI is InChI=1S/C30H32F2N6O2/c1-18-13-20(38(29(39)40)30(2,3)4)17-37(16-18)25-11-12-33-15-24(25)35-23-10-5-7-19-14-34-28(36-27(19)23)26-21(31)8-6-9-22(26)32/h5-12,14-15,18,20,35H,13,16-17H2,1-4H3,(H,39,40)/t18-,20+/m1/s1. The Kier molecular flexibility index (Phi) is 7.27. The van der Waals surface area contributed by atoms with Crippen molar-refractivity contribution in [2.24, 2.45) is 5.92 Å². The second-order valence-electron chi connectivity index (χ2n) is 11.3. The summed E-state index contributed by atoms with van der Waals surface area (Å²) in [5.74, 6) is -1.27. The van der Waals surface area contributed by atoms with Crippen LogP contribution in [0.25, 0.3) is 22.3 Å². The van der Waals surface area contributed by atoms with Gasteiger partial charge in [0.2, 0.25) is 0 Å². The number of piperidine rings is 1. The van der Waals surface area contributed by atoms with E-state index in [2.05, 4.69) is 32.1 Å². The number of hydrogen-bond donors (Lipinski definition) is 2. The minimum Gasteiger partial charge on any atom is -0.465 e. The largest absolute Gasteiger partial charge is 0.465 e. The highest BCUT2D eigenvalue weighted by molar-refractivity contribution is 5.94. The van der Waals surface area contributed by atoms with Gasteiger partial charge in [-0.05, 0) is 57.4 Å². The fourth-order valence-corrected chi connectivity index (χ4v) is 5.59. The number of halogens is 2. The molecule has 2 N–H and O–H groups in total. The van der Waals surface area contributed by atoms with E-state index in [1.54, 1.807) is 23.5 Å². The first-order valence-corrected chi connectivity index (χ1v) is 13.2. The minimum atomic E-state index is -0.933. The predicted octanol–water partition coefficient (Wildman–Crippen LogP) is 6.71. The van der Waals surface area contributed by atoms with Crippen molar-refractivity contribution in [3.8, 4) is 11.4 Å². The molecule has 0 aliphatic carbocycles. The van der Waals surface area contributed by atoms with E-state index < -0.39 is 23.3 Å². The van der Waals surface area contributed by atoms with E-state index in [-0.39, 0.29) is 23.3 Å². The first-order chi connectivity index (χ1) is 19.0. The SMILES string of the molecule is C[C@@H]1C[C@H](N(C(=O)O)C(C)(C)C)CN(c2ccncc2Nc2cccc3cnc(-c4c(F)cccc4F)nc23)C1. The van der Waals surface area contributed by atoms with Crippen molar-refractivity contribution in [3.05, 3.63) is 72.7 Å². The predicted molar refractivity (Wildman–Crippen MR) is 152 cm³/mol. The molecule has 0 unspecified atom stereocenters. The Bertz CT molecular complexity index is 1540. The zero-order valence-electron chi connectivity index (χ0n) is 22.9. The van der Waals surface area contributed by atoms with E-state index in [0.29, 0.717) is 28.8 Å². The first-order valence-electron chi connectivity index (χ1n) is 13.2. The maximum atomic E-state index is 14.5. The van der Waals surface area contributed by atoms with Crippen LogP contribution in [0.2, 0.25) is 0 Å². The second kappa shape index (κ2) is 10.7. The molecule has 40 heavy (non-hydrogen) atoms. The maximum absolute atomic E-state index is 14.5. The summed E-state index contributed by atoms with van der Waals surface area (Å²) in [5, 5.41) is 14.1. The zero-order chi connectivity index (χ0) is 28.6. The van der Waals surface area contributed by atoms with Crippen LogP contribution in [-0.2, 0) is 0 Å². The van der Waals surface area contributed by atoms with Crippen LogP contribution < -0.4 is 10.2 Å². The molecule has 2 aromatic carbocycles. The summed E-state index contributed by atoms with van der Waals surface area (Å²) >= 11 is 0. The van der Waals surface area contributed by atoms with Crippen molar-refractivity contribution in [2.45, 2.75) is 45.7 Å². The molecule has 0 radical (unpaired) electrons. The molecule has 8 nitrogen and oxygen atoms in total. The lowest BCUT2D eigenvalue weighted by molar-refractivity contribution is 0.0588. The fraction of sp³-hybridized carbons (Fsp3) is 0.333. The van der Waals surface area contributed by atoms with Gasteiger partial charge in [0, 0.05) is 36.4 Å². The number of aromatic nitrogens is 3. The summed E-state index contributed by atoms with van der Waals surface area (Å²) in [5.41, 5.74) is 1.87. The van der Waals surface area contributed by atoms with Gasteiger partial charge in [-0.25, -0.2) is 23.5 Å². The van der Waals surface area contributed by atoms with Crippen molar-refractivity contribution in [2.75, 3.05) is 23.3 Å². The average Bonchev–Trinajstić information content (AvgIpc) is 2.88. The first kappa shape index (κ1) is 27.2. The number of pyridine rings is 1. The number of rotatable bonds is 5. The molecule has 0 saturated carbocycles. The van der Waals surface area contributed by atoms with Gasteiger partial charge in [-0.15, -0.1) is 0 Å². The van der Waals surface area contributed by atoms with E-state index in [1.807, 2.05) is 45.0 Å². The number of nitrogens with zero attached hydrogens (tertiary/aromatic N) is 5. The number of anilines is 3. The third kappa shape index (κ3) is 5.38. The van der Waals surface area contributed by atoms with Crippen LogP contribution in [0, 0.1) is 17.6 Å². The van der Waals surface area contributed by atoms with Crippen molar-refractivity contribution in [1.82, 2.24) is 19.9 Å². The molecule has 1 aliphatic heterocycles. The van der Waals surface area contributed by atoms with Gasteiger partial charge in [0.05, 0.1) is 40.4 Å². The highest BCUT2D eigenvalue weighted by Gasteiger charge is 2.38. The summed E-state index contributed by atoms with van der Waals surface area (Å²) in [6.07, 6.45) is 4.79. The maximum Gasteiger partial charge on any atom is 0.408 e. The Morgan fingerprint density at radius 2 is 1.77 bits per heavy atom. The molecule has 10 heteroatoms.